The molecule has 0 fully saturated rings. The van der Waals surface area contributed by atoms with Gasteiger partial charge >= 0.3 is 71.1 Å². The molecule has 3 N–H and O–H groups in total. The molecule has 0 aromatic heterocycles. The van der Waals surface area contributed by atoms with E-state index in [-0.39, 0.29) is 72.1 Å². The maximum Gasteiger partial charge on any atom is 1.00 e. The number of hydrogen-bond acceptors (Lipinski definition) is 9. The third-order valence-corrected chi connectivity index (χ3v) is 6.18. The minimum atomic E-state index is -1.62. The van der Waals surface area contributed by atoms with Crippen LogP contribution in [0.4, 0.5) is 0 Å². The Morgan fingerprint density at radius 1 is 0.676 bits per heavy atom. The van der Waals surface area contributed by atoms with Gasteiger partial charge in [-0.15, -0.1) is 0 Å². The number of ether oxygens (including phenoxy) is 1. The van der Waals surface area contributed by atoms with Crippen molar-refractivity contribution in [2.45, 2.75) is 128 Å². The first-order valence-corrected chi connectivity index (χ1v) is 13.3. The second-order valence-electron chi connectivity index (χ2n) is 9.48. The molecular formula is C26H46N2Na2O7. The van der Waals surface area contributed by atoms with Gasteiger partial charge in [0.25, 0.3) is 0 Å². The van der Waals surface area contributed by atoms with Gasteiger partial charge in [-0.25, -0.2) is 0 Å². The molecule has 0 saturated carbocycles. The third-order valence-electron chi connectivity index (χ3n) is 6.18. The van der Waals surface area contributed by atoms with Crippen molar-refractivity contribution in [1.29, 1.82) is 0 Å². The zero-order chi connectivity index (χ0) is 26.4. The van der Waals surface area contributed by atoms with Gasteiger partial charge in [-0.1, -0.05) is 96.8 Å². The van der Waals surface area contributed by atoms with Crippen LogP contribution in [0.2, 0.25) is 0 Å². The number of unbranched alkanes of at least 4 members (excludes halogenated alkanes) is 14. The SMILES string of the molecule is CCCCCCCCCCCCCCCCCC(=O)OC(=O)CNC(CN)(CC(=O)[O-])CC(=O)[O-].[Na+].[Na+]. The van der Waals surface area contributed by atoms with Crippen LogP contribution in [0.15, 0.2) is 0 Å². The van der Waals surface area contributed by atoms with Crippen LogP contribution in [0.25, 0.3) is 0 Å². The van der Waals surface area contributed by atoms with Gasteiger partial charge in [-0.2, -0.15) is 0 Å². The smallest absolute Gasteiger partial charge is 0.550 e. The van der Waals surface area contributed by atoms with E-state index in [1.807, 2.05) is 0 Å². The Balaban J connectivity index is -0.00000578. The van der Waals surface area contributed by atoms with E-state index in [1.165, 1.54) is 70.6 Å². The number of carboxylic acid groups (broad SMARTS) is 2. The summed E-state index contributed by atoms with van der Waals surface area (Å²) in [5, 5.41) is 24.3. The summed E-state index contributed by atoms with van der Waals surface area (Å²) < 4.78 is 4.71. The fraction of sp³-hybridized carbons (Fsp3) is 0.846. The number of carbonyl (C=O) groups is 4. The summed E-state index contributed by atoms with van der Waals surface area (Å²) in [6.45, 7) is 1.31. The molecule has 0 heterocycles. The molecule has 0 aromatic carbocycles. The van der Waals surface area contributed by atoms with Crippen LogP contribution in [-0.4, -0.2) is 42.5 Å². The molecule has 0 amide bonds. The molecule has 37 heavy (non-hydrogen) atoms. The summed E-state index contributed by atoms with van der Waals surface area (Å²) in [5.74, 6) is -4.64. The molecule has 0 aliphatic heterocycles. The van der Waals surface area contributed by atoms with Crippen molar-refractivity contribution >= 4 is 23.9 Å². The number of nitrogens with one attached hydrogen (secondary N) is 1. The van der Waals surface area contributed by atoms with Crippen LogP contribution < -0.4 is 80.4 Å². The number of aliphatic carboxylic acids is 2. The van der Waals surface area contributed by atoms with Gasteiger partial charge < -0.3 is 30.3 Å². The molecule has 0 rings (SSSR count). The molecule has 9 nitrogen and oxygen atoms in total. The van der Waals surface area contributed by atoms with Gasteiger partial charge in [0.15, 0.2) is 0 Å². The molecule has 0 atom stereocenters. The van der Waals surface area contributed by atoms with Crippen molar-refractivity contribution in [1.82, 2.24) is 5.32 Å². The second kappa shape index (κ2) is 27.6. The summed E-state index contributed by atoms with van der Waals surface area (Å²) in [4.78, 5) is 45.5. The van der Waals surface area contributed by atoms with E-state index in [4.69, 9.17) is 10.5 Å². The molecule has 0 aliphatic carbocycles. The largest absolute Gasteiger partial charge is 1.00 e. The zero-order valence-corrected chi connectivity index (χ0v) is 27.6. The summed E-state index contributed by atoms with van der Waals surface area (Å²) in [6.07, 6.45) is 16.8. The van der Waals surface area contributed by atoms with Gasteiger partial charge in [0.1, 0.15) is 0 Å². The van der Waals surface area contributed by atoms with E-state index >= 15 is 0 Å². The van der Waals surface area contributed by atoms with E-state index in [2.05, 4.69) is 12.2 Å². The Hall–Kier alpha value is 0. The average molecular weight is 545 g/mol. The molecule has 204 valence electrons. The number of hydrogen-bond donors (Lipinski definition) is 2. The normalized spacial score (nSPS) is 10.8. The summed E-state index contributed by atoms with van der Waals surface area (Å²) in [6, 6.07) is 0. The molecule has 0 radical (unpaired) electrons. The van der Waals surface area contributed by atoms with Gasteiger partial charge in [0.05, 0.1) is 6.54 Å². The summed E-state index contributed by atoms with van der Waals surface area (Å²) in [7, 11) is 0. The third kappa shape index (κ3) is 26.0. The fourth-order valence-electron chi connectivity index (χ4n) is 4.07. The van der Waals surface area contributed by atoms with Crippen molar-refractivity contribution < 1.29 is 93.2 Å². The van der Waals surface area contributed by atoms with Crippen molar-refractivity contribution in [3.8, 4) is 0 Å². The van der Waals surface area contributed by atoms with Crippen molar-refractivity contribution in [2.75, 3.05) is 13.1 Å². The van der Waals surface area contributed by atoms with E-state index < -0.39 is 48.8 Å². The van der Waals surface area contributed by atoms with Gasteiger partial charge in [-0.3, -0.25) is 14.9 Å². The Morgan fingerprint density at radius 3 is 1.41 bits per heavy atom. The van der Waals surface area contributed by atoms with Crippen LogP contribution in [0, 0.1) is 0 Å². The Bertz CT molecular complexity index is 606. The Morgan fingerprint density at radius 2 is 1.05 bits per heavy atom. The quantitative estimate of drug-likeness (QED) is 0.0532. The first kappa shape index (κ1) is 41.5. The zero-order valence-electron chi connectivity index (χ0n) is 23.6. The number of carbonyl (C=O) groups excluding carboxylic acids is 4. The minimum absolute atomic E-state index is 0. The Kier molecular flexibility index (Phi) is 30.9. The van der Waals surface area contributed by atoms with Crippen LogP contribution in [0.3, 0.4) is 0 Å². The first-order chi connectivity index (χ1) is 16.7. The first-order valence-electron chi connectivity index (χ1n) is 13.3. The molecule has 0 aliphatic rings. The standard InChI is InChI=1S/C26H48N2O7.2Na/c1-2-3-4-5-6-7-8-9-10-11-12-13-14-15-16-17-24(33)35-25(34)20-28-26(21-27,18-22(29)30)19-23(31)32;;/h28H,2-21,27H2,1H3,(H,29,30)(H,31,32);;/q;2*+1/p-2. The second-order valence-corrected chi connectivity index (χ2v) is 9.48. The van der Waals surface area contributed by atoms with Crippen LogP contribution in [-0.2, 0) is 23.9 Å². The van der Waals surface area contributed by atoms with E-state index in [9.17, 15) is 29.4 Å². The molecule has 0 bridgehead atoms. The predicted octanol–water partition coefficient (Wildman–Crippen LogP) is -4.11. The molecule has 0 saturated heterocycles. The molecule has 0 aromatic rings. The summed E-state index contributed by atoms with van der Waals surface area (Å²) >= 11 is 0. The van der Waals surface area contributed by atoms with Gasteiger partial charge in [0.2, 0.25) is 0 Å². The number of esters is 2. The van der Waals surface area contributed by atoms with E-state index in [0.717, 1.165) is 19.3 Å². The summed E-state index contributed by atoms with van der Waals surface area (Å²) in [5.41, 5.74) is 3.88. The fourth-order valence-corrected chi connectivity index (χ4v) is 4.07. The van der Waals surface area contributed by atoms with E-state index in [0.29, 0.717) is 6.42 Å². The maximum atomic E-state index is 11.9. The Labute approximate surface area is 267 Å². The number of rotatable bonds is 24. The van der Waals surface area contributed by atoms with Crippen LogP contribution in [0.1, 0.15) is 122 Å². The topological polar surface area (TPSA) is 162 Å². The monoisotopic (exact) mass is 544 g/mol. The number of carboxylic acids is 2. The maximum absolute atomic E-state index is 11.9. The van der Waals surface area contributed by atoms with Crippen LogP contribution in [0.5, 0.6) is 0 Å². The van der Waals surface area contributed by atoms with Gasteiger partial charge in [0, 0.05) is 43.3 Å². The van der Waals surface area contributed by atoms with Crippen molar-refractivity contribution in [3.05, 3.63) is 0 Å². The van der Waals surface area contributed by atoms with Crippen molar-refractivity contribution in [3.63, 3.8) is 0 Å². The molecule has 0 unspecified atom stereocenters. The van der Waals surface area contributed by atoms with Crippen LogP contribution >= 0.6 is 0 Å². The van der Waals surface area contributed by atoms with Crippen molar-refractivity contribution in [2.24, 2.45) is 5.73 Å². The average Bonchev–Trinajstić information content (AvgIpc) is 2.79. The molecule has 0 spiro atoms. The minimum Gasteiger partial charge on any atom is -0.550 e. The molecular weight excluding hydrogens is 498 g/mol. The molecule has 11 heteroatoms. The number of nitrogens with two attached hydrogens (primary N) is 1. The van der Waals surface area contributed by atoms with Gasteiger partial charge in [-0.05, 0) is 6.42 Å². The van der Waals surface area contributed by atoms with E-state index in [1.54, 1.807) is 0 Å². The predicted molar refractivity (Wildman–Crippen MR) is 130 cm³/mol.